The molecule has 0 saturated heterocycles. The van der Waals surface area contributed by atoms with Gasteiger partial charge in [0, 0.05) is 43.6 Å². The van der Waals surface area contributed by atoms with Crippen molar-refractivity contribution >= 4 is 62.8 Å². The lowest BCUT2D eigenvalue weighted by Crippen LogP contribution is -2.59. The summed E-state index contributed by atoms with van der Waals surface area (Å²) in [6.07, 6.45) is 7.53. The number of hydrogen-bond acceptors (Lipinski definition) is 2. The fourth-order valence-electron chi connectivity index (χ4n) is 7.75. The average molecular weight is 559 g/mol. The van der Waals surface area contributed by atoms with E-state index in [4.69, 9.17) is 0 Å². The lowest BCUT2D eigenvalue weighted by atomic mass is 9.35. The molecule has 202 valence electrons. The zero-order chi connectivity index (χ0) is 27.6. The largest absolute Gasteiger partial charge is 0.313 e. The minimum atomic E-state index is 0.222. The molecule has 0 atom stereocenters. The smallest absolute Gasteiger partial charge is 0.249 e. The molecule has 42 heavy (non-hydrogen) atoms. The molecule has 2 aliphatic heterocycles. The number of anilines is 3. The van der Waals surface area contributed by atoms with Crippen LogP contribution in [0.2, 0.25) is 0 Å². The Balaban J connectivity index is 1.33. The summed E-state index contributed by atoms with van der Waals surface area (Å²) in [5, 5.41) is 1.43. The van der Waals surface area contributed by atoms with Crippen molar-refractivity contribution in [3.63, 3.8) is 0 Å². The van der Waals surface area contributed by atoms with Gasteiger partial charge in [-0.3, -0.25) is 0 Å². The van der Waals surface area contributed by atoms with E-state index in [-0.39, 0.29) is 6.71 Å². The number of fused-ring (bicyclic) bond motifs is 7. The van der Waals surface area contributed by atoms with E-state index in [2.05, 4.69) is 125 Å². The maximum Gasteiger partial charge on any atom is 0.249 e. The second-order valence-electron chi connectivity index (χ2n) is 11.9. The standard InChI is InChI=1S/C38H31BN2S/c1-2-7-18-32-28(15-6-1)29-16-8-10-19-33(29)41(32)27-23-24-30-35(25-27)40(26-13-4-3-5-14-26)34-20-12-22-37-38(34)39(30)31-17-9-11-21-36(31)42-37/h3-5,8-14,16-17,19-25H,1-2,6-7,15,18H2. The molecule has 5 aromatic carbocycles. The number of rotatable bonds is 2. The highest BCUT2D eigenvalue weighted by atomic mass is 32.2. The van der Waals surface area contributed by atoms with E-state index in [0.717, 1.165) is 6.42 Å². The molecule has 3 heterocycles. The highest BCUT2D eigenvalue weighted by molar-refractivity contribution is 8.00. The maximum absolute atomic E-state index is 2.59. The number of benzene rings is 5. The second-order valence-corrected chi connectivity index (χ2v) is 13.0. The summed E-state index contributed by atoms with van der Waals surface area (Å²) in [6.45, 7) is 0.222. The monoisotopic (exact) mass is 558 g/mol. The Hall–Kier alpha value is -4.15. The third-order valence-electron chi connectivity index (χ3n) is 9.54. The molecule has 1 aromatic heterocycles. The van der Waals surface area contributed by atoms with Crippen LogP contribution in [0.5, 0.6) is 0 Å². The first-order valence-corrected chi connectivity index (χ1v) is 16.2. The Bertz CT molecular complexity index is 1990. The average Bonchev–Trinajstić information content (AvgIpc) is 3.33. The summed E-state index contributed by atoms with van der Waals surface area (Å²) >= 11 is 1.91. The molecule has 0 bridgehead atoms. The lowest BCUT2D eigenvalue weighted by Gasteiger charge is -2.40. The van der Waals surface area contributed by atoms with Crippen molar-refractivity contribution < 1.29 is 0 Å². The van der Waals surface area contributed by atoms with Gasteiger partial charge in [0.1, 0.15) is 0 Å². The van der Waals surface area contributed by atoms with Gasteiger partial charge in [0.2, 0.25) is 6.71 Å². The zero-order valence-electron chi connectivity index (χ0n) is 23.6. The third-order valence-corrected chi connectivity index (χ3v) is 10.7. The number of nitrogens with zero attached hydrogens (tertiary/aromatic N) is 2. The summed E-state index contributed by atoms with van der Waals surface area (Å²) in [7, 11) is 0. The topological polar surface area (TPSA) is 8.17 Å². The minimum Gasteiger partial charge on any atom is -0.313 e. The van der Waals surface area contributed by atoms with Gasteiger partial charge < -0.3 is 9.47 Å². The van der Waals surface area contributed by atoms with Crippen LogP contribution in [-0.2, 0) is 12.8 Å². The van der Waals surface area contributed by atoms with Crippen LogP contribution in [0, 0.1) is 0 Å². The zero-order valence-corrected chi connectivity index (χ0v) is 24.4. The summed E-state index contributed by atoms with van der Waals surface area (Å²) < 4.78 is 2.59. The first kappa shape index (κ1) is 24.5. The van der Waals surface area contributed by atoms with Crippen molar-refractivity contribution in [2.75, 3.05) is 4.90 Å². The van der Waals surface area contributed by atoms with Crippen molar-refractivity contribution in [3.8, 4) is 5.69 Å². The molecular weight excluding hydrogens is 527 g/mol. The van der Waals surface area contributed by atoms with Gasteiger partial charge >= 0.3 is 0 Å². The SMILES string of the molecule is c1ccc(N2c3cc(-n4c5c(c6ccccc64)CCCCCC5)ccc3B3c4ccccc4Sc4cccc2c43)cc1. The van der Waals surface area contributed by atoms with Crippen molar-refractivity contribution in [2.24, 2.45) is 0 Å². The summed E-state index contributed by atoms with van der Waals surface area (Å²) in [6, 6.07) is 43.2. The van der Waals surface area contributed by atoms with Crippen molar-refractivity contribution in [1.29, 1.82) is 0 Å². The molecule has 4 heteroatoms. The van der Waals surface area contributed by atoms with Crippen LogP contribution in [0.25, 0.3) is 16.6 Å². The summed E-state index contributed by atoms with van der Waals surface area (Å²) in [4.78, 5) is 5.25. The van der Waals surface area contributed by atoms with Gasteiger partial charge in [0.25, 0.3) is 0 Å². The van der Waals surface area contributed by atoms with Gasteiger partial charge in [-0.2, -0.15) is 0 Å². The normalized spacial score (nSPS) is 15.3. The predicted octanol–water partition coefficient (Wildman–Crippen LogP) is 8.05. The molecule has 0 amide bonds. The fraction of sp³-hybridized carbons (Fsp3) is 0.158. The second kappa shape index (κ2) is 9.71. The van der Waals surface area contributed by atoms with E-state index in [0.29, 0.717) is 0 Å². The molecule has 0 saturated carbocycles. The summed E-state index contributed by atoms with van der Waals surface area (Å²) in [5.41, 5.74) is 13.7. The predicted molar refractivity (Wildman–Crippen MR) is 179 cm³/mol. The van der Waals surface area contributed by atoms with Crippen molar-refractivity contribution in [2.45, 2.75) is 48.3 Å². The maximum atomic E-state index is 2.59. The Morgan fingerprint density at radius 2 is 1.36 bits per heavy atom. The van der Waals surface area contributed by atoms with Gasteiger partial charge in [-0.25, -0.2) is 0 Å². The molecule has 1 aliphatic carbocycles. The Labute approximate surface area is 252 Å². The van der Waals surface area contributed by atoms with Crippen LogP contribution in [0.1, 0.15) is 36.9 Å². The minimum absolute atomic E-state index is 0.222. The van der Waals surface area contributed by atoms with Gasteiger partial charge in [0.15, 0.2) is 0 Å². The first-order valence-electron chi connectivity index (χ1n) is 15.4. The molecule has 0 fully saturated rings. The van der Waals surface area contributed by atoms with Crippen LogP contribution >= 0.6 is 11.8 Å². The number of hydrogen-bond donors (Lipinski definition) is 0. The first-order chi connectivity index (χ1) is 20.9. The molecule has 9 rings (SSSR count). The Morgan fingerprint density at radius 1 is 0.571 bits per heavy atom. The highest BCUT2D eigenvalue weighted by Crippen LogP contribution is 2.42. The summed E-state index contributed by atoms with van der Waals surface area (Å²) in [5.74, 6) is 0. The van der Waals surface area contributed by atoms with E-state index in [1.165, 1.54) is 97.6 Å². The molecule has 0 N–H and O–H groups in total. The van der Waals surface area contributed by atoms with E-state index in [9.17, 15) is 0 Å². The van der Waals surface area contributed by atoms with E-state index < -0.39 is 0 Å². The van der Waals surface area contributed by atoms with Gasteiger partial charge in [-0.1, -0.05) is 96.8 Å². The van der Waals surface area contributed by atoms with Gasteiger partial charge in [0.05, 0.1) is 5.52 Å². The van der Waals surface area contributed by atoms with Crippen LogP contribution in [0.3, 0.4) is 0 Å². The number of aryl methyl sites for hydroxylation is 1. The molecule has 2 nitrogen and oxygen atoms in total. The van der Waals surface area contributed by atoms with Crippen molar-refractivity contribution in [3.05, 3.63) is 127 Å². The van der Waals surface area contributed by atoms with E-state index in [1.807, 2.05) is 11.8 Å². The molecule has 3 aliphatic rings. The lowest BCUT2D eigenvalue weighted by molar-refractivity contribution is 0.608. The Kier molecular flexibility index (Phi) is 5.65. The van der Waals surface area contributed by atoms with Crippen molar-refractivity contribution in [1.82, 2.24) is 4.57 Å². The van der Waals surface area contributed by atoms with Crippen LogP contribution in [0.4, 0.5) is 17.1 Å². The molecule has 0 unspecified atom stereocenters. The van der Waals surface area contributed by atoms with Gasteiger partial charge in [-0.05, 0) is 90.7 Å². The fourth-order valence-corrected chi connectivity index (χ4v) is 8.92. The quantitative estimate of drug-likeness (QED) is 0.198. The molecular formula is C38H31BN2S. The van der Waals surface area contributed by atoms with E-state index >= 15 is 0 Å². The number of para-hydroxylation sites is 2. The van der Waals surface area contributed by atoms with Crippen LogP contribution < -0.4 is 21.3 Å². The third kappa shape index (κ3) is 3.61. The molecule has 6 aromatic rings. The highest BCUT2D eigenvalue weighted by Gasteiger charge is 2.40. The van der Waals surface area contributed by atoms with Crippen LogP contribution in [0.15, 0.2) is 125 Å². The molecule has 0 spiro atoms. The Morgan fingerprint density at radius 3 is 2.29 bits per heavy atom. The number of aromatic nitrogens is 1. The van der Waals surface area contributed by atoms with Crippen LogP contribution in [-0.4, -0.2) is 11.3 Å². The molecule has 0 radical (unpaired) electrons. The van der Waals surface area contributed by atoms with E-state index in [1.54, 1.807) is 5.56 Å². The van der Waals surface area contributed by atoms with Gasteiger partial charge in [-0.15, -0.1) is 0 Å².